The van der Waals surface area contributed by atoms with Crippen LogP contribution in [0.15, 0.2) is 71.3 Å². The van der Waals surface area contributed by atoms with Crippen LogP contribution in [0.5, 0.6) is 0 Å². The molecule has 4 aromatic rings. The molecule has 1 aliphatic heterocycles. The number of nitrogens with zero attached hydrogens (tertiary/aromatic N) is 4. The lowest BCUT2D eigenvalue weighted by Gasteiger charge is -2.37. The molecule has 1 fully saturated rings. The zero-order valence-corrected chi connectivity index (χ0v) is 21.9. The van der Waals surface area contributed by atoms with E-state index in [9.17, 15) is 0 Å². The summed E-state index contributed by atoms with van der Waals surface area (Å²) in [6, 6.07) is 23.7. The second-order valence-corrected chi connectivity index (χ2v) is 10.0. The average molecular weight is 483 g/mol. The predicted octanol–water partition coefficient (Wildman–Crippen LogP) is 6.15. The fraction of sp³-hybridized carbons (Fsp3) is 0.387. The van der Waals surface area contributed by atoms with Gasteiger partial charge in [-0.05, 0) is 62.3 Å². The first-order valence-corrected chi connectivity index (χ1v) is 13.3. The molecule has 3 aromatic carbocycles. The van der Waals surface area contributed by atoms with Crippen molar-refractivity contribution in [2.75, 3.05) is 50.7 Å². The molecule has 5 rings (SSSR count). The summed E-state index contributed by atoms with van der Waals surface area (Å²) in [4.78, 5) is 7.61. The minimum absolute atomic E-state index is 0.800. The molecule has 1 saturated heterocycles. The summed E-state index contributed by atoms with van der Waals surface area (Å²) in [6.45, 7) is 15.1. The summed E-state index contributed by atoms with van der Waals surface area (Å²) in [6.07, 6.45) is 1.17. The molecular formula is C31H38N4O. The van der Waals surface area contributed by atoms with E-state index in [0.29, 0.717) is 0 Å². The highest BCUT2D eigenvalue weighted by molar-refractivity contribution is 5.95. The molecule has 0 spiro atoms. The maximum atomic E-state index is 5.76. The Labute approximate surface area is 215 Å². The third-order valence-corrected chi connectivity index (χ3v) is 7.47. The molecule has 0 N–H and O–H groups in total. The number of aromatic nitrogens is 1. The summed E-state index contributed by atoms with van der Waals surface area (Å²) in [7, 11) is 0. The Morgan fingerprint density at radius 3 is 2.53 bits per heavy atom. The van der Waals surface area contributed by atoms with Gasteiger partial charge >= 0.3 is 0 Å². The fourth-order valence-corrected chi connectivity index (χ4v) is 5.42. The van der Waals surface area contributed by atoms with E-state index in [-0.39, 0.29) is 0 Å². The summed E-state index contributed by atoms with van der Waals surface area (Å²) in [5.74, 6) is 0.932. The van der Waals surface area contributed by atoms with Gasteiger partial charge in [-0.25, -0.2) is 0 Å². The number of piperazine rings is 1. The number of rotatable bonds is 9. The number of aryl methyl sites for hydroxylation is 2. The van der Waals surface area contributed by atoms with Crippen molar-refractivity contribution in [1.29, 1.82) is 0 Å². The van der Waals surface area contributed by atoms with Gasteiger partial charge in [-0.2, -0.15) is 0 Å². The average Bonchev–Trinajstić information content (AvgIpc) is 3.36. The summed E-state index contributed by atoms with van der Waals surface area (Å²) < 4.78 is 5.76. The zero-order valence-electron chi connectivity index (χ0n) is 21.9. The Balaban J connectivity index is 1.11. The molecule has 0 unspecified atom stereocenters. The number of hydrogen-bond acceptors (Lipinski definition) is 5. The first-order valence-electron chi connectivity index (χ1n) is 13.3. The Hall–Kier alpha value is -3.15. The molecule has 0 saturated carbocycles. The van der Waals surface area contributed by atoms with Gasteiger partial charge in [0.25, 0.3) is 0 Å². The molecule has 1 aromatic heterocycles. The first kappa shape index (κ1) is 24.5. The van der Waals surface area contributed by atoms with Crippen LogP contribution in [0.3, 0.4) is 0 Å². The van der Waals surface area contributed by atoms with Crippen LogP contribution < -0.4 is 4.90 Å². The Kier molecular flexibility index (Phi) is 7.69. The van der Waals surface area contributed by atoms with Crippen molar-refractivity contribution >= 4 is 16.5 Å². The largest absolute Gasteiger partial charge is 0.369 e. The van der Waals surface area contributed by atoms with Crippen LogP contribution in [0.4, 0.5) is 5.69 Å². The van der Waals surface area contributed by atoms with Crippen LogP contribution in [-0.4, -0.2) is 60.8 Å². The lowest BCUT2D eigenvalue weighted by atomic mass is 10.0. The molecule has 0 atom stereocenters. The highest BCUT2D eigenvalue weighted by atomic mass is 16.5. The number of anilines is 1. The molecular weight excluding hydrogens is 444 g/mol. The van der Waals surface area contributed by atoms with Crippen LogP contribution in [0, 0.1) is 13.8 Å². The smallest absolute Gasteiger partial charge is 0.151 e. The molecule has 0 bridgehead atoms. The second-order valence-electron chi connectivity index (χ2n) is 10.0. The van der Waals surface area contributed by atoms with Crippen molar-refractivity contribution in [2.45, 2.75) is 33.7 Å². The van der Waals surface area contributed by atoms with E-state index in [1.807, 2.05) is 0 Å². The molecule has 36 heavy (non-hydrogen) atoms. The lowest BCUT2D eigenvalue weighted by molar-refractivity contribution is 0.206. The highest BCUT2D eigenvalue weighted by Crippen LogP contribution is 2.28. The van der Waals surface area contributed by atoms with E-state index in [1.165, 1.54) is 34.0 Å². The van der Waals surface area contributed by atoms with Gasteiger partial charge in [-0.15, -0.1) is 0 Å². The Morgan fingerprint density at radius 1 is 0.917 bits per heavy atom. The van der Waals surface area contributed by atoms with Gasteiger partial charge in [0.15, 0.2) is 5.76 Å². The minimum atomic E-state index is 0.800. The van der Waals surface area contributed by atoms with Crippen molar-refractivity contribution in [3.63, 3.8) is 0 Å². The van der Waals surface area contributed by atoms with E-state index in [1.54, 1.807) is 0 Å². The van der Waals surface area contributed by atoms with Crippen molar-refractivity contribution in [3.05, 3.63) is 83.6 Å². The van der Waals surface area contributed by atoms with E-state index in [0.717, 1.165) is 69.4 Å². The first-order chi connectivity index (χ1) is 17.6. The lowest BCUT2D eigenvalue weighted by Crippen LogP contribution is -2.47. The molecule has 0 amide bonds. The van der Waals surface area contributed by atoms with Crippen LogP contribution >= 0.6 is 0 Å². The van der Waals surface area contributed by atoms with Gasteiger partial charge in [0.05, 0.1) is 6.54 Å². The number of hydrogen-bond donors (Lipinski definition) is 0. The maximum absolute atomic E-state index is 5.76. The van der Waals surface area contributed by atoms with Gasteiger partial charge in [-0.1, -0.05) is 72.2 Å². The minimum Gasteiger partial charge on any atom is -0.369 e. The van der Waals surface area contributed by atoms with E-state index >= 15 is 0 Å². The fourth-order valence-electron chi connectivity index (χ4n) is 5.42. The molecule has 5 nitrogen and oxygen atoms in total. The molecule has 1 aliphatic rings. The normalized spacial score (nSPS) is 14.7. The highest BCUT2D eigenvalue weighted by Gasteiger charge is 2.19. The number of fused-ring (bicyclic) bond motifs is 1. The summed E-state index contributed by atoms with van der Waals surface area (Å²) >= 11 is 0. The van der Waals surface area contributed by atoms with Crippen molar-refractivity contribution < 1.29 is 4.52 Å². The van der Waals surface area contributed by atoms with Crippen LogP contribution in [0.25, 0.3) is 22.0 Å². The SMILES string of the molecule is CCN(CCCN1CCN(c2ccc(C)cc2C)CC1)Cc1cc(-c2cccc3ccccc23)no1. The standard InChI is InChI=1S/C31H38N4O/c1-4-33(15-8-16-34-17-19-35(20-18-34)31-14-13-24(2)21-25(31)3)23-27-22-30(32-36-27)29-12-7-10-26-9-5-6-11-28(26)29/h5-7,9-14,21-22H,4,8,15-20,23H2,1-3H3. The molecule has 2 heterocycles. The Bertz CT molecular complexity index is 1280. The summed E-state index contributed by atoms with van der Waals surface area (Å²) in [5, 5.41) is 6.85. The van der Waals surface area contributed by atoms with Crippen molar-refractivity contribution in [2.24, 2.45) is 0 Å². The third kappa shape index (κ3) is 5.63. The topological polar surface area (TPSA) is 35.8 Å². The third-order valence-electron chi connectivity index (χ3n) is 7.47. The molecule has 188 valence electrons. The van der Waals surface area contributed by atoms with Gasteiger partial charge < -0.3 is 9.42 Å². The van der Waals surface area contributed by atoms with E-state index in [4.69, 9.17) is 4.52 Å². The molecule has 5 heteroatoms. The van der Waals surface area contributed by atoms with Gasteiger partial charge in [0.2, 0.25) is 0 Å². The van der Waals surface area contributed by atoms with Crippen LogP contribution in [0.1, 0.15) is 30.2 Å². The molecule has 0 aliphatic carbocycles. The van der Waals surface area contributed by atoms with E-state index < -0.39 is 0 Å². The van der Waals surface area contributed by atoms with E-state index in [2.05, 4.69) is 107 Å². The van der Waals surface area contributed by atoms with Gasteiger partial charge in [0.1, 0.15) is 5.69 Å². The molecule has 0 radical (unpaired) electrons. The van der Waals surface area contributed by atoms with Crippen LogP contribution in [0.2, 0.25) is 0 Å². The monoisotopic (exact) mass is 482 g/mol. The zero-order chi connectivity index (χ0) is 24.9. The van der Waals surface area contributed by atoms with Crippen molar-refractivity contribution in [3.8, 4) is 11.3 Å². The maximum Gasteiger partial charge on any atom is 0.151 e. The number of benzene rings is 3. The Morgan fingerprint density at radius 2 is 1.72 bits per heavy atom. The second kappa shape index (κ2) is 11.3. The summed E-state index contributed by atoms with van der Waals surface area (Å²) in [5.41, 5.74) is 6.17. The van der Waals surface area contributed by atoms with Gasteiger partial charge in [0, 0.05) is 43.5 Å². The van der Waals surface area contributed by atoms with Gasteiger partial charge in [-0.3, -0.25) is 9.80 Å². The van der Waals surface area contributed by atoms with Crippen molar-refractivity contribution in [1.82, 2.24) is 15.0 Å². The van der Waals surface area contributed by atoms with Crippen LogP contribution in [-0.2, 0) is 6.54 Å². The quantitative estimate of drug-likeness (QED) is 0.286. The predicted molar refractivity (Wildman–Crippen MR) is 150 cm³/mol.